The molecule has 80 valence electrons. The first-order chi connectivity index (χ1) is 6.69. The van der Waals surface area contributed by atoms with Crippen molar-refractivity contribution in [2.24, 2.45) is 7.05 Å². The highest BCUT2D eigenvalue weighted by atomic mass is 16.5. The maximum absolute atomic E-state index is 9.23. The molecule has 0 aliphatic heterocycles. The summed E-state index contributed by atoms with van der Waals surface area (Å²) >= 11 is 0. The third-order valence-electron chi connectivity index (χ3n) is 2.11. The molecule has 0 aliphatic rings. The molecule has 4 heteroatoms. The van der Waals surface area contributed by atoms with Gasteiger partial charge in [-0.3, -0.25) is 0 Å². The zero-order chi connectivity index (χ0) is 10.6. The fourth-order valence-electron chi connectivity index (χ4n) is 1.51. The van der Waals surface area contributed by atoms with Gasteiger partial charge in [0.25, 0.3) is 0 Å². The quantitative estimate of drug-likeness (QED) is 0.787. The van der Waals surface area contributed by atoms with Crippen molar-refractivity contribution in [3.05, 3.63) is 12.0 Å². The third-order valence-corrected chi connectivity index (χ3v) is 2.11. The van der Waals surface area contributed by atoms with Crippen molar-refractivity contribution in [2.75, 3.05) is 6.61 Å². The maximum atomic E-state index is 9.23. The summed E-state index contributed by atoms with van der Waals surface area (Å²) in [5.74, 6) is 0.856. The van der Waals surface area contributed by atoms with Crippen LogP contribution in [0.5, 0.6) is 5.88 Å². The standard InChI is InChI=1S/C10H18N2O2/c1-4-6-8(14-5-2)10-11-9(13)7-12(10)3/h7-8,13H,4-6H2,1-3H3. The predicted molar refractivity (Wildman–Crippen MR) is 54.1 cm³/mol. The van der Waals surface area contributed by atoms with E-state index in [-0.39, 0.29) is 12.0 Å². The number of aromatic hydroxyl groups is 1. The normalized spacial score (nSPS) is 13.1. The minimum atomic E-state index is -0.00380. The smallest absolute Gasteiger partial charge is 0.229 e. The molecule has 0 aliphatic carbocycles. The third kappa shape index (κ3) is 2.48. The van der Waals surface area contributed by atoms with Crippen LogP contribution in [0, 0.1) is 0 Å². The van der Waals surface area contributed by atoms with E-state index >= 15 is 0 Å². The highest BCUT2D eigenvalue weighted by Crippen LogP contribution is 2.23. The molecule has 1 rings (SSSR count). The molecule has 0 saturated carbocycles. The molecule has 0 spiro atoms. The molecule has 1 aromatic heterocycles. The average molecular weight is 198 g/mol. The summed E-state index contributed by atoms with van der Waals surface area (Å²) in [6.45, 7) is 4.73. The number of ether oxygens (including phenoxy) is 1. The molecule has 0 radical (unpaired) electrons. The van der Waals surface area contributed by atoms with Crippen LogP contribution in [-0.2, 0) is 11.8 Å². The molecule has 0 amide bonds. The fourth-order valence-corrected chi connectivity index (χ4v) is 1.51. The molecule has 1 heterocycles. The van der Waals surface area contributed by atoms with E-state index < -0.39 is 0 Å². The van der Waals surface area contributed by atoms with Crippen molar-refractivity contribution in [1.29, 1.82) is 0 Å². The first-order valence-corrected chi connectivity index (χ1v) is 5.02. The molecule has 1 aromatic rings. The Morgan fingerprint density at radius 3 is 2.71 bits per heavy atom. The van der Waals surface area contributed by atoms with Crippen LogP contribution in [0.25, 0.3) is 0 Å². The van der Waals surface area contributed by atoms with Crippen molar-refractivity contribution in [3.8, 4) is 5.88 Å². The van der Waals surface area contributed by atoms with Gasteiger partial charge in [-0.1, -0.05) is 13.3 Å². The monoisotopic (exact) mass is 198 g/mol. The summed E-state index contributed by atoms with van der Waals surface area (Å²) in [6, 6.07) is 0. The Kier molecular flexibility index (Phi) is 3.95. The van der Waals surface area contributed by atoms with Gasteiger partial charge in [0.1, 0.15) is 11.9 Å². The molecule has 1 unspecified atom stereocenters. The second-order valence-electron chi connectivity index (χ2n) is 3.30. The average Bonchev–Trinajstić information content (AvgIpc) is 2.45. The van der Waals surface area contributed by atoms with Crippen molar-refractivity contribution in [3.63, 3.8) is 0 Å². The molecule has 1 N–H and O–H groups in total. The molecular weight excluding hydrogens is 180 g/mol. The van der Waals surface area contributed by atoms with Crippen molar-refractivity contribution < 1.29 is 9.84 Å². The molecule has 0 bridgehead atoms. The Morgan fingerprint density at radius 1 is 1.57 bits per heavy atom. The van der Waals surface area contributed by atoms with Gasteiger partial charge in [0.15, 0.2) is 0 Å². The van der Waals surface area contributed by atoms with Crippen molar-refractivity contribution in [1.82, 2.24) is 9.55 Å². The second kappa shape index (κ2) is 5.00. The predicted octanol–water partition coefficient (Wildman–Crippen LogP) is 2.00. The zero-order valence-corrected chi connectivity index (χ0v) is 9.03. The Labute approximate surface area is 84.5 Å². The Hall–Kier alpha value is -1.03. The van der Waals surface area contributed by atoms with Gasteiger partial charge in [-0.2, -0.15) is 4.98 Å². The van der Waals surface area contributed by atoms with Crippen molar-refractivity contribution >= 4 is 0 Å². The highest BCUT2D eigenvalue weighted by molar-refractivity contribution is 5.09. The molecular formula is C10H18N2O2. The van der Waals surface area contributed by atoms with Gasteiger partial charge in [0.2, 0.25) is 5.88 Å². The number of rotatable bonds is 5. The number of imidazole rings is 1. The lowest BCUT2D eigenvalue weighted by molar-refractivity contribution is 0.0474. The summed E-state index contributed by atoms with van der Waals surface area (Å²) in [6.07, 6.45) is 3.56. The van der Waals surface area contributed by atoms with Gasteiger partial charge in [-0.15, -0.1) is 0 Å². The minimum Gasteiger partial charge on any atom is -0.492 e. The highest BCUT2D eigenvalue weighted by Gasteiger charge is 2.16. The van der Waals surface area contributed by atoms with Crippen LogP contribution < -0.4 is 0 Å². The van der Waals surface area contributed by atoms with Crippen LogP contribution in [0.4, 0.5) is 0 Å². The molecule has 0 fully saturated rings. The Balaban J connectivity index is 2.80. The molecule has 0 aromatic carbocycles. The number of aryl methyl sites for hydroxylation is 1. The first-order valence-electron chi connectivity index (χ1n) is 5.02. The topological polar surface area (TPSA) is 47.3 Å². The molecule has 1 atom stereocenters. The summed E-state index contributed by atoms with van der Waals surface area (Å²) in [4.78, 5) is 4.04. The van der Waals surface area contributed by atoms with Gasteiger partial charge in [0, 0.05) is 13.7 Å². The Morgan fingerprint density at radius 2 is 2.29 bits per heavy atom. The van der Waals surface area contributed by atoms with Crippen molar-refractivity contribution in [2.45, 2.75) is 32.8 Å². The van der Waals surface area contributed by atoms with Gasteiger partial charge < -0.3 is 14.4 Å². The number of hydrogen-bond acceptors (Lipinski definition) is 3. The molecule has 0 saturated heterocycles. The molecule has 14 heavy (non-hydrogen) atoms. The lowest BCUT2D eigenvalue weighted by atomic mass is 10.2. The van der Waals surface area contributed by atoms with Gasteiger partial charge >= 0.3 is 0 Å². The fraction of sp³-hybridized carbons (Fsp3) is 0.700. The first kappa shape index (κ1) is 11.0. The van der Waals surface area contributed by atoms with Crippen LogP contribution >= 0.6 is 0 Å². The number of aromatic nitrogens is 2. The largest absolute Gasteiger partial charge is 0.492 e. The SMILES string of the molecule is CCCC(OCC)c1nc(O)cn1C. The molecule has 4 nitrogen and oxygen atoms in total. The lowest BCUT2D eigenvalue weighted by Crippen LogP contribution is -2.09. The van der Waals surface area contributed by atoms with E-state index in [2.05, 4.69) is 11.9 Å². The van der Waals surface area contributed by atoms with Crippen LogP contribution in [0.15, 0.2) is 6.20 Å². The lowest BCUT2D eigenvalue weighted by Gasteiger charge is -2.15. The summed E-state index contributed by atoms with van der Waals surface area (Å²) < 4.78 is 7.38. The summed E-state index contributed by atoms with van der Waals surface area (Å²) in [7, 11) is 1.86. The minimum absolute atomic E-state index is 0.00380. The van der Waals surface area contributed by atoms with E-state index in [1.54, 1.807) is 6.20 Å². The second-order valence-corrected chi connectivity index (χ2v) is 3.30. The van der Waals surface area contributed by atoms with Crippen LogP contribution in [0.3, 0.4) is 0 Å². The maximum Gasteiger partial charge on any atom is 0.229 e. The van der Waals surface area contributed by atoms with E-state index in [0.717, 1.165) is 18.7 Å². The van der Waals surface area contributed by atoms with E-state index in [0.29, 0.717) is 6.61 Å². The van der Waals surface area contributed by atoms with E-state index in [9.17, 15) is 5.11 Å². The van der Waals surface area contributed by atoms with Gasteiger partial charge in [0.05, 0.1) is 6.20 Å². The number of hydrogen-bond donors (Lipinski definition) is 1. The van der Waals surface area contributed by atoms with Crippen LogP contribution in [0.2, 0.25) is 0 Å². The van der Waals surface area contributed by atoms with Gasteiger partial charge in [-0.05, 0) is 13.3 Å². The van der Waals surface area contributed by atoms with E-state index in [1.807, 2.05) is 18.5 Å². The van der Waals surface area contributed by atoms with Crippen LogP contribution in [-0.4, -0.2) is 21.3 Å². The Bertz CT molecular complexity index is 278. The van der Waals surface area contributed by atoms with E-state index in [1.165, 1.54) is 0 Å². The number of nitrogens with zero attached hydrogens (tertiary/aromatic N) is 2. The van der Waals surface area contributed by atoms with Gasteiger partial charge in [-0.25, -0.2) is 0 Å². The summed E-state index contributed by atoms with van der Waals surface area (Å²) in [5, 5.41) is 9.23. The van der Waals surface area contributed by atoms with E-state index in [4.69, 9.17) is 4.74 Å². The zero-order valence-electron chi connectivity index (χ0n) is 9.03. The van der Waals surface area contributed by atoms with Crippen LogP contribution in [0.1, 0.15) is 38.6 Å². The summed E-state index contributed by atoms with van der Waals surface area (Å²) in [5.41, 5.74) is 0.